The van der Waals surface area contributed by atoms with Gasteiger partial charge in [-0.3, -0.25) is 4.79 Å². The molecule has 0 aromatic heterocycles. The molecule has 0 aliphatic carbocycles. The van der Waals surface area contributed by atoms with E-state index in [0.29, 0.717) is 39.0 Å². The summed E-state index contributed by atoms with van der Waals surface area (Å²) < 4.78 is 0. The third kappa shape index (κ3) is 3.46. The first-order chi connectivity index (χ1) is 12.1. The monoisotopic (exact) mass is 340 g/mol. The highest BCUT2D eigenvalue weighted by Gasteiger charge is 2.39. The number of carbonyl (C=O) groups excluding carboxylic acids is 2. The number of piperidine rings is 2. The third-order valence-electron chi connectivity index (χ3n) is 5.55. The van der Waals surface area contributed by atoms with Crippen molar-refractivity contribution in [2.75, 3.05) is 26.2 Å². The molecule has 0 saturated carbocycles. The van der Waals surface area contributed by atoms with Gasteiger partial charge < -0.3 is 15.5 Å². The van der Waals surface area contributed by atoms with Gasteiger partial charge >= 0.3 is 6.03 Å². The fourth-order valence-corrected chi connectivity index (χ4v) is 3.97. The maximum atomic E-state index is 12.8. The summed E-state index contributed by atoms with van der Waals surface area (Å²) in [6, 6.07) is 11.9. The minimum absolute atomic E-state index is 0.0885. The molecule has 1 atom stereocenters. The molecule has 0 unspecified atom stereocenters. The van der Waals surface area contributed by atoms with E-state index in [1.54, 1.807) is 4.90 Å². The van der Waals surface area contributed by atoms with Crippen LogP contribution in [0.2, 0.25) is 0 Å². The number of nitrogens with zero attached hydrogens (tertiary/aromatic N) is 3. The lowest BCUT2D eigenvalue weighted by Gasteiger charge is -2.40. The Morgan fingerprint density at radius 1 is 1.12 bits per heavy atom. The van der Waals surface area contributed by atoms with Gasteiger partial charge in [-0.05, 0) is 31.2 Å². The minimum atomic E-state index is -0.510. The second-order valence-electron chi connectivity index (χ2n) is 7.01. The van der Waals surface area contributed by atoms with Crippen LogP contribution in [0.4, 0.5) is 4.79 Å². The SMILES string of the molecule is N#CC1(c2ccccc2)CCN(C(=O)[C@@H]2CCCN(C(N)=O)C2)CC1. The topological polar surface area (TPSA) is 90.4 Å². The number of likely N-dealkylation sites (tertiary alicyclic amines) is 2. The van der Waals surface area contributed by atoms with Crippen LogP contribution in [0.5, 0.6) is 0 Å². The fourth-order valence-electron chi connectivity index (χ4n) is 3.97. The second-order valence-corrected chi connectivity index (χ2v) is 7.01. The lowest BCUT2D eigenvalue weighted by atomic mass is 9.74. The van der Waals surface area contributed by atoms with Gasteiger partial charge in [0.25, 0.3) is 0 Å². The van der Waals surface area contributed by atoms with Crippen molar-refractivity contribution in [1.29, 1.82) is 5.26 Å². The van der Waals surface area contributed by atoms with E-state index >= 15 is 0 Å². The van der Waals surface area contributed by atoms with Crippen molar-refractivity contribution in [1.82, 2.24) is 9.80 Å². The zero-order valence-electron chi connectivity index (χ0n) is 14.4. The molecular weight excluding hydrogens is 316 g/mol. The number of nitrogens with two attached hydrogens (primary N) is 1. The van der Waals surface area contributed by atoms with Crippen molar-refractivity contribution in [3.63, 3.8) is 0 Å². The van der Waals surface area contributed by atoms with Crippen molar-refractivity contribution in [2.24, 2.45) is 11.7 Å². The fraction of sp³-hybridized carbons (Fsp3) is 0.526. The predicted molar refractivity (Wildman–Crippen MR) is 93.4 cm³/mol. The minimum Gasteiger partial charge on any atom is -0.351 e. The van der Waals surface area contributed by atoms with Crippen LogP contribution < -0.4 is 5.73 Å². The second kappa shape index (κ2) is 7.14. The lowest BCUT2D eigenvalue weighted by molar-refractivity contribution is -0.138. The number of hydrogen-bond acceptors (Lipinski definition) is 3. The highest BCUT2D eigenvalue weighted by molar-refractivity contribution is 5.80. The molecule has 2 aliphatic heterocycles. The van der Waals surface area contributed by atoms with Crippen molar-refractivity contribution in [2.45, 2.75) is 31.1 Å². The highest BCUT2D eigenvalue weighted by Crippen LogP contribution is 2.35. The van der Waals surface area contributed by atoms with Gasteiger partial charge in [-0.2, -0.15) is 5.26 Å². The molecule has 3 rings (SSSR count). The molecule has 0 bridgehead atoms. The number of rotatable bonds is 2. The average molecular weight is 340 g/mol. The van der Waals surface area contributed by atoms with Gasteiger partial charge in [0.15, 0.2) is 0 Å². The van der Waals surface area contributed by atoms with E-state index < -0.39 is 11.4 Å². The van der Waals surface area contributed by atoms with Crippen LogP contribution in [-0.2, 0) is 10.2 Å². The molecule has 0 spiro atoms. The first kappa shape index (κ1) is 17.3. The Bertz CT molecular complexity index is 674. The van der Waals surface area contributed by atoms with E-state index in [1.807, 2.05) is 35.2 Å². The van der Waals surface area contributed by atoms with Crippen molar-refractivity contribution < 1.29 is 9.59 Å². The number of amides is 3. The molecule has 6 heteroatoms. The Balaban J connectivity index is 1.65. The van der Waals surface area contributed by atoms with E-state index in [1.165, 1.54) is 0 Å². The number of urea groups is 1. The van der Waals surface area contributed by atoms with Crippen LogP contribution in [0.3, 0.4) is 0 Å². The van der Waals surface area contributed by atoms with E-state index in [2.05, 4.69) is 6.07 Å². The summed E-state index contributed by atoms with van der Waals surface area (Å²) in [6.07, 6.45) is 2.89. The Labute approximate surface area is 148 Å². The molecule has 3 amide bonds. The van der Waals surface area contributed by atoms with Gasteiger partial charge in [0.05, 0.1) is 17.4 Å². The molecule has 2 fully saturated rings. The van der Waals surface area contributed by atoms with Crippen LogP contribution in [0.1, 0.15) is 31.2 Å². The van der Waals surface area contributed by atoms with Gasteiger partial charge in [0.2, 0.25) is 5.91 Å². The van der Waals surface area contributed by atoms with E-state index in [4.69, 9.17) is 5.73 Å². The van der Waals surface area contributed by atoms with Gasteiger partial charge in [0.1, 0.15) is 0 Å². The molecular formula is C19H24N4O2. The zero-order chi connectivity index (χ0) is 17.9. The van der Waals surface area contributed by atoms with Crippen molar-refractivity contribution in [3.05, 3.63) is 35.9 Å². The number of nitriles is 1. The summed E-state index contributed by atoms with van der Waals surface area (Å²) in [5.74, 6) is -0.0851. The molecule has 1 aromatic carbocycles. The highest BCUT2D eigenvalue weighted by atomic mass is 16.2. The number of primary amides is 1. The maximum absolute atomic E-state index is 12.8. The average Bonchev–Trinajstić information content (AvgIpc) is 2.68. The summed E-state index contributed by atoms with van der Waals surface area (Å²) in [4.78, 5) is 27.6. The van der Waals surface area contributed by atoms with Crippen LogP contribution in [0, 0.1) is 17.2 Å². The summed E-state index contributed by atoms with van der Waals surface area (Å²) in [7, 11) is 0. The lowest BCUT2D eigenvalue weighted by Crippen LogP contribution is -2.51. The van der Waals surface area contributed by atoms with Crippen molar-refractivity contribution >= 4 is 11.9 Å². The van der Waals surface area contributed by atoms with E-state index in [9.17, 15) is 14.9 Å². The predicted octanol–water partition coefficient (Wildman–Crippen LogP) is 1.86. The molecule has 0 radical (unpaired) electrons. The number of hydrogen-bond donors (Lipinski definition) is 1. The first-order valence-electron chi connectivity index (χ1n) is 8.86. The Hall–Kier alpha value is -2.55. The Kier molecular flexibility index (Phi) is 4.93. The quantitative estimate of drug-likeness (QED) is 0.891. The Morgan fingerprint density at radius 2 is 1.80 bits per heavy atom. The largest absolute Gasteiger partial charge is 0.351 e. The summed E-state index contributed by atoms with van der Waals surface area (Å²) in [5.41, 5.74) is 5.87. The van der Waals surface area contributed by atoms with Gasteiger partial charge in [-0.1, -0.05) is 30.3 Å². The van der Waals surface area contributed by atoms with Crippen LogP contribution in [0.15, 0.2) is 30.3 Å². The standard InChI is InChI=1S/C19H24N4O2/c20-14-19(16-6-2-1-3-7-16)8-11-22(12-9-19)17(24)15-5-4-10-23(13-15)18(21)25/h1-3,6-7,15H,4-5,8-13H2,(H2,21,25)/t15-/m1/s1. The molecule has 2 aliphatic rings. The molecule has 1 aromatic rings. The van der Waals surface area contributed by atoms with Gasteiger partial charge in [-0.15, -0.1) is 0 Å². The maximum Gasteiger partial charge on any atom is 0.314 e. The van der Waals surface area contributed by atoms with Gasteiger partial charge in [-0.25, -0.2) is 4.79 Å². The first-order valence-corrected chi connectivity index (χ1v) is 8.86. The summed E-state index contributed by atoms with van der Waals surface area (Å²) in [6.45, 7) is 2.19. The summed E-state index contributed by atoms with van der Waals surface area (Å²) in [5, 5.41) is 9.75. The van der Waals surface area contributed by atoms with E-state index in [-0.39, 0.29) is 11.8 Å². The third-order valence-corrected chi connectivity index (χ3v) is 5.55. The zero-order valence-corrected chi connectivity index (χ0v) is 14.4. The molecule has 6 nitrogen and oxygen atoms in total. The normalized spacial score (nSPS) is 22.9. The summed E-state index contributed by atoms with van der Waals surface area (Å²) >= 11 is 0. The van der Waals surface area contributed by atoms with Crippen molar-refractivity contribution in [3.8, 4) is 6.07 Å². The molecule has 2 N–H and O–H groups in total. The van der Waals surface area contributed by atoms with Crippen LogP contribution >= 0.6 is 0 Å². The number of benzene rings is 1. The van der Waals surface area contributed by atoms with Gasteiger partial charge in [0, 0.05) is 26.2 Å². The smallest absolute Gasteiger partial charge is 0.314 e. The molecule has 2 heterocycles. The molecule has 2 saturated heterocycles. The van der Waals surface area contributed by atoms with Crippen LogP contribution in [-0.4, -0.2) is 47.9 Å². The van der Waals surface area contributed by atoms with E-state index in [0.717, 1.165) is 18.4 Å². The van der Waals surface area contributed by atoms with Crippen LogP contribution in [0.25, 0.3) is 0 Å². The Morgan fingerprint density at radius 3 is 2.40 bits per heavy atom. The number of carbonyl (C=O) groups is 2. The molecule has 25 heavy (non-hydrogen) atoms. The molecule has 132 valence electrons.